The van der Waals surface area contributed by atoms with Gasteiger partial charge in [-0.1, -0.05) is 6.08 Å². The van der Waals surface area contributed by atoms with Gasteiger partial charge in [-0.05, 0) is 18.9 Å². The quantitative estimate of drug-likeness (QED) is 0.385. The van der Waals surface area contributed by atoms with Gasteiger partial charge in [0.1, 0.15) is 0 Å². The van der Waals surface area contributed by atoms with Crippen molar-refractivity contribution in [1.82, 2.24) is 0 Å². The molecular formula is C8H15NO3. The van der Waals surface area contributed by atoms with Crippen LogP contribution in [0.15, 0.2) is 11.6 Å². The van der Waals surface area contributed by atoms with Gasteiger partial charge in [0.15, 0.2) is 0 Å². The molecule has 0 aliphatic rings. The molecule has 0 rings (SSSR count). The van der Waals surface area contributed by atoms with Crippen LogP contribution in [0.25, 0.3) is 0 Å². The number of carboxylic acid groups (broad SMARTS) is 1. The summed E-state index contributed by atoms with van der Waals surface area (Å²) in [6, 6.07) is 0. The average Bonchev–Trinajstić information content (AvgIpc) is 2.03. The molecule has 0 unspecified atom stereocenters. The minimum atomic E-state index is -1.12. The number of hydrogen-bond acceptors (Lipinski definition) is 3. The number of quaternary nitrogens is 1. The first-order chi connectivity index (χ1) is 5.68. The lowest BCUT2D eigenvalue weighted by atomic mass is 10.2. The zero-order chi connectivity index (χ0) is 9.40. The van der Waals surface area contributed by atoms with E-state index in [9.17, 15) is 9.90 Å². The van der Waals surface area contributed by atoms with Gasteiger partial charge in [0, 0.05) is 0 Å². The second-order valence-electron chi connectivity index (χ2n) is 2.43. The maximum Gasteiger partial charge on any atom is 0.0977 e. The third kappa shape index (κ3) is 5.88. The van der Waals surface area contributed by atoms with Gasteiger partial charge in [0.05, 0.1) is 25.7 Å². The molecule has 0 aromatic carbocycles. The van der Waals surface area contributed by atoms with Gasteiger partial charge in [0.25, 0.3) is 0 Å². The topological polar surface area (TPSA) is 77.0 Å². The fourth-order valence-corrected chi connectivity index (χ4v) is 0.646. The maximum absolute atomic E-state index is 10.2. The molecular weight excluding hydrogens is 158 g/mol. The van der Waals surface area contributed by atoms with E-state index in [2.05, 4.69) is 5.73 Å². The van der Waals surface area contributed by atoms with Crippen LogP contribution in [0.4, 0.5) is 0 Å². The van der Waals surface area contributed by atoms with Crippen molar-refractivity contribution in [3.63, 3.8) is 0 Å². The third-order valence-electron chi connectivity index (χ3n) is 1.32. The van der Waals surface area contributed by atoms with Crippen molar-refractivity contribution in [2.75, 3.05) is 19.8 Å². The molecule has 0 heterocycles. The predicted octanol–water partition coefficient (Wildman–Crippen LogP) is -1.67. The van der Waals surface area contributed by atoms with Gasteiger partial charge >= 0.3 is 0 Å². The molecule has 0 bridgehead atoms. The van der Waals surface area contributed by atoms with Crippen molar-refractivity contribution in [2.45, 2.75) is 13.3 Å². The number of carbonyl (C=O) groups is 1. The highest BCUT2D eigenvalue weighted by Crippen LogP contribution is 1.93. The Kier molecular flexibility index (Phi) is 6.32. The standard InChI is InChI=1S/C8H15NO3/c1-7(8(10)11)3-2-5-12-6-4-9/h3H,2,4-6,9H2,1H3,(H,10,11). The lowest BCUT2D eigenvalue weighted by Gasteiger charge is -2.01. The molecule has 12 heavy (non-hydrogen) atoms. The lowest BCUT2D eigenvalue weighted by Crippen LogP contribution is -2.52. The van der Waals surface area contributed by atoms with E-state index in [1.807, 2.05) is 0 Å². The Hall–Kier alpha value is -0.870. The highest BCUT2D eigenvalue weighted by atomic mass is 16.5. The summed E-state index contributed by atoms with van der Waals surface area (Å²) in [7, 11) is 0. The van der Waals surface area contributed by atoms with E-state index < -0.39 is 5.97 Å². The van der Waals surface area contributed by atoms with Gasteiger partial charge < -0.3 is 20.4 Å². The smallest absolute Gasteiger partial charge is 0.0977 e. The normalized spacial score (nSPS) is 11.7. The summed E-state index contributed by atoms with van der Waals surface area (Å²) in [5.41, 5.74) is 3.86. The highest BCUT2D eigenvalue weighted by molar-refractivity contribution is 5.83. The molecule has 0 radical (unpaired) electrons. The molecule has 0 aromatic heterocycles. The fraction of sp³-hybridized carbons (Fsp3) is 0.625. The van der Waals surface area contributed by atoms with E-state index in [1.165, 1.54) is 6.92 Å². The molecule has 3 N–H and O–H groups in total. The van der Waals surface area contributed by atoms with Crippen molar-refractivity contribution in [3.05, 3.63) is 11.6 Å². The van der Waals surface area contributed by atoms with Crippen LogP contribution in [0.5, 0.6) is 0 Å². The molecule has 0 saturated heterocycles. The summed E-state index contributed by atoms with van der Waals surface area (Å²) in [4.78, 5) is 10.2. The summed E-state index contributed by atoms with van der Waals surface area (Å²) < 4.78 is 5.09. The van der Waals surface area contributed by atoms with Gasteiger partial charge in [0.2, 0.25) is 0 Å². The van der Waals surface area contributed by atoms with E-state index in [0.717, 1.165) is 6.54 Å². The Balaban J connectivity index is 3.40. The summed E-state index contributed by atoms with van der Waals surface area (Å²) in [6.45, 7) is 3.41. The van der Waals surface area contributed by atoms with Crippen LogP contribution in [-0.4, -0.2) is 25.7 Å². The highest BCUT2D eigenvalue weighted by Gasteiger charge is 1.89. The lowest BCUT2D eigenvalue weighted by molar-refractivity contribution is -0.374. The van der Waals surface area contributed by atoms with Crippen molar-refractivity contribution in [1.29, 1.82) is 0 Å². The second kappa shape index (κ2) is 6.82. The Morgan fingerprint density at radius 1 is 1.58 bits per heavy atom. The van der Waals surface area contributed by atoms with Crippen molar-refractivity contribution < 1.29 is 20.4 Å². The molecule has 0 aromatic rings. The third-order valence-corrected chi connectivity index (χ3v) is 1.32. The minimum Gasteiger partial charge on any atom is -0.545 e. The number of ether oxygens (including phenoxy) is 1. The monoisotopic (exact) mass is 173 g/mol. The molecule has 4 nitrogen and oxygen atoms in total. The summed E-state index contributed by atoms with van der Waals surface area (Å²) in [5, 5.41) is 10.2. The minimum absolute atomic E-state index is 0.258. The van der Waals surface area contributed by atoms with Crippen LogP contribution in [0.3, 0.4) is 0 Å². The van der Waals surface area contributed by atoms with Gasteiger partial charge in [-0.3, -0.25) is 0 Å². The zero-order valence-electron chi connectivity index (χ0n) is 7.34. The predicted molar refractivity (Wildman–Crippen MR) is 42.0 cm³/mol. The van der Waals surface area contributed by atoms with Gasteiger partial charge in [-0.15, -0.1) is 0 Å². The average molecular weight is 173 g/mol. The van der Waals surface area contributed by atoms with Crippen LogP contribution in [0, 0.1) is 0 Å². The van der Waals surface area contributed by atoms with Crippen LogP contribution in [0.2, 0.25) is 0 Å². The van der Waals surface area contributed by atoms with Crippen LogP contribution >= 0.6 is 0 Å². The second-order valence-corrected chi connectivity index (χ2v) is 2.43. The molecule has 70 valence electrons. The summed E-state index contributed by atoms with van der Waals surface area (Å²) >= 11 is 0. The van der Waals surface area contributed by atoms with E-state index in [1.54, 1.807) is 6.08 Å². The van der Waals surface area contributed by atoms with E-state index in [4.69, 9.17) is 4.74 Å². The zero-order valence-corrected chi connectivity index (χ0v) is 7.34. The first kappa shape index (κ1) is 11.1. The largest absolute Gasteiger partial charge is 0.545 e. The van der Waals surface area contributed by atoms with E-state index >= 15 is 0 Å². The fourth-order valence-electron chi connectivity index (χ4n) is 0.646. The molecule has 0 amide bonds. The van der Waals surface area contributed by atoms with Crippen LogP contribution in [0.1, 0.15) is 13.3 Å². The van der Waals surface area contributed by atoms with Crippen molar-refractivity contribution in [2.24, 2.45) is 0 Å². The van der Waals surface area contributed by atoms with Crippen molar-refractivity contribution in [3.8, 4) is 0 Å². The summed E-state index contributed by atoms with van der Waals surface area (Å²) in [6.07, 6.45) is 2.21. The van der Waals surface area contributed by atoms with Crippen LogP contribution < -0.4 is 10.8 Å². The Bertz CT molecular complexity index is 166. The summed E-state index contributed by atoms with van der Waals surface area (Å²) in [5.74, 6) is -1.12. The molecule has 0 spiro atoms. The number of rotatable bonds is 6. The first-order valence-electron chi connectivity index (χ1n) is 3.93. The number of aliphatic carboxylic acids is 1. The SMILES string of the molecule is CC(=CCCOCC[NH3+])C(=O)[O-]. The molecule has 0 fully saturated rings. The van der Waals surface area contributed by atoms with Crippen LogP contribution in [-0.2, 0) is 9.53 Å². The van der Waals surface area contributed by atoms with E-state index in [-0.39, 0.29) is 5.57 Å². The molecule has 0 aliphatic carbocycles. The molecule has 0 atom stereocenters. The molecule has 0 saturated carbocycles. The number of hydrogen-bond donors (Lipinski definition) is 1. The Morgan fingerprint density at radius 3 is 2.75 bits per heavy atom. The number of carbonyl (C=O) groups excluding carboxylic acids is 1. The number of carboxylic acids is 1. The van der Waals surface area contributed by atoms with Crippen molar-refractivity contribution >= 4 is 5.97 Å². The Labute approximate surface area is 72.0 Å². The van der Waals surface area contributed by atoms with E-state index in [0.29, 0.717) is 19.6 Å². The first-order valence-corrected chi connectivity index (χ1v) is 3.93. The Morgan fingerprint density at radius 2 is 2.25 bits per heavy atom. The molecule has 0 aliphatic heterocycles. The maximum atomic E-state index is 10.2. The molecule has 4 heteroatoms. The van der Waals surface area contributed by atoms with Gasteiger partial charge in [-0.25, -0.2) is 0 Å². The van der Waals surface area contributed by atoms with Gasteiger partial charge in [-0.2, -0.15) is 0 Å².